The monoisotopic (exact) mass is 353 g/mol. The van der Waals surface area contributed by atoms with Crippen LogP contribution >= 0.6 is 23.2 Å². The Morgan fingerprint density at radius 2 is 1.95 bits per heavy atom. The molecular formula is C12H17Cl2N3O3S. The van der Waals surface area contributed by atoms with Crippen molar-refractivity contribution in [2.75, 3.05) is 18.8 Å². The van der Waals surface area contributed by atoms with E-state index in [0.29, 0.717) is 6.42 Å². The van der Waals surface area contributed by atoms with E-state index >= 15 is 0 Å². The number of primary amides is 1. The Labute approximate surface area is 134 Å². The SMILES string of the molecule is CCCCN(CC(N)=O)S(=O)(=O)c1c(N)cc(Cl)cc1Cl. The number of halogens is 2. The number of hydrogen-bond acceptors (Lipinski definition) is 4. The summed E-state index contributed by atoms with van der Waals surface area (Å²) in [6.45, 7) is 1.62. The number of carbonyl (C=O) groups is 1. The van der Waals surface area contributed by atoms with Crippen LogP contribution < -0.4 is 11.5 Å². The first-order valence-corrected chi connectivity index (χ1v) is 8.42. The second-order valence-corrected chi connectivity index (χ2v) is 7.18. The maximum atomic E-state index is 12.6. The van der Waals surface area contributed by atoms with Crippen molar-refractivity contribution in [2.45, 2.75) is 24.7 Å². The van der Waals surface area contributed by atoms with Gasteiger partial charge in [0.1, 0.15) is 4.90 Å². The highest BCUT2D eigenvalue weighted by atomic mass is 35.5. The summed E-state index contributed by atoms with van der Waals surface area (Å²) in [4.78, 5) is 10.8. The number of anilines is 1. The van der Waals surface area contributed by atoms with Crippen LogP contribution in [0.5, 0.6) is 0 Å². The van der Waals surface area contributed by atoms with Crippen molar-refractivity contribution >= 4 is 44.8 Å². The molecule has 0 aromatic heterocycles. The van der Waals surface area contributed by atoms with Gasteiger partial charge in [-0.25, -0.2) is 8.42 Å². The highest BCUT2D eigenvalue weighted by Gasteiger charge is 2.30. The molecular weight excluding hydrogens is 337 g/mol. The quantitative estimate of drug-likeness (QED) is 0.729. The molecule has 1 amide bonds. The molecule has 1 aromatic rings. The fourth-order valence-electron chi connectivity index (χ4n) is 1.77. The minimum Gasteiger partial charge on any atom is -0.398 e. The van der Waals surface area contributed by atoms with Gasteiger partial charge in [-0.1, -0.05) is 36.5 Å². The molecule has 9 heteroatoms. The normalized spacial score (nSPS) is 11.8. The van der Waals surface area contributed by atoms with Crippen molar-refractivity contribution in [3.05, 3.63) is 22.2 Å². The van der Waals surface area contributed by atoms with Crippen LogP contribution in [0.15, 0.2) is 17.0 Å². The predicted molar refractivity (Wildman–Crippen MR) is 83.7 cm³/mol. The van der Waals surface area contributed by atoms with Crippen LogP contribution in [0, 0.1) is 0 Å². The fraction of sp³-hybridized carbons (Fsp3) is 0.417. The van der Waals surface area contributed by atoms with Crippen LogP contribution in [-0.2, 0) is 14.8 Å². The minimum atomic E-state index is -4.03. The zero-order valence-corrected chi connectivity index (χ0v) is 13.8. The summed E-state index contributed by atoms with van der Waals surface area (Å²) in [5, 5.41) is 0.137. The zero-order valence-electron chi connectivity index (χ0n) is 11.5. The minimum absolute atomic E-state index is 0.0709. The Morgan fingerprint density at radius 1 is 1.33 bits per heavy atom. The average molecular weight is 354 g/mol. The van der Waals surface area contributed by atoms with Crippen molar-refractivity contribution in [1.29, 1.82) is 0 Å². The van der Waals surface area contributed by atoms with Crippen LogP contribution in [0.1, 0.15) is 19.8 Å². The van der Waals surface area contributed by atoms with Crippen LogP contribution in [-0.4, -0.2) is 31.7 Å². The lowest BCUT2D eigenvalue weighted by Gasteiger charge is -2.22. The molecule has 4 N–H and O–H groups in total. The molecule has 0 saturated heterocycles. The number of benzene rings is 1. The maximum absolute atomic E-state index is 12.6. The van der Waals surface area contributed by atoms with E-state index in [4.69, 9.17) is 34.7 Å². The molecule has 6 nitrogen and oxygen atoms in total. The van der Waals surface area contributed by atoms with Crippen molar-refractivity contribution in [1.82, 2.24) is 4.31 Å². The number of unbranched alkanes of at least 4 members (excludes halogenated alkanes) is 1. The molecule has 1 rings (SSSR count). The van der Waals surface area contributed by atoms with Crippen LogP contribution in [0.3, 0.4) is 0 Å². The predicted octanol–water partition coefficient (Wildman–Crippen LogP) is 1.85. The summed E-state index contributed by atoms with van der Waals surface area (Å²) < 4.78 is 26.3. The molecule has 0 unspecified atom stereocenters. The van der Waals surface area contributed by atoms with Crippen LogP contribution in [0.25, 0.3) is 0 Å². The molecule has 0 bridgehead atoms. The van der Waals surface area contributed by atoms with Gasteiger partial charge < -0.3 is 11.5 Å². The second-order valence-electron chi connectivity index (χ2n) is 4.46. The molecule has 118 valence electrons. The van der Waals surface area contributed by atoms with Gasteiger partial charge in [0.05, 0.1) is 17.3 Å². The molecule has 0 aliphatic rings. The van der Waals surface area contributed by atoms with E-state index in [1.165, 1.54) is 12.1 Å². The van der Waals surface area contributed by atoms with E-state index in [-0.39, 0.29) is 27.2 Å². The van der Waals surface area contributed by atoms with Gasteiger partial charge in [0.15, 0.2) is 0 Å². The number of nitrogens with zero attached hydrogens (tertiary/aromatic N) is 1. The van der Waals surface area contributed by atoms with Crippen molar-refractivity contribution < 1.29 is 13.2 Å². The summed E-state index contributed by atoms with van der Waals surface area (Å²) in [5.74, 6) is -0.752. The molecule has 0 atom stereocenters. The van der Waals surface area contributed by atoms with Crippen LogP contribution in [0.4, 0.5) is 5.69 Å². The molecule has 0 saturated carbocycles. The Balaban J connectivity index is 3.31. The number of hydrogen-bond donors (Lipinski definition) is 2. The third kappa shape index (κ3) is 4.47. The first-order chi connectivity index (χ1) is 9.70. The lowest BCUT2D eigenvalue weighted by atomic mass is 10.3. The smallest absolute Gasteiger partial charge is 0.247 e. The van der Waals surface area contributed by atoms with E-state index in [0.717, 1.165) is 10.7 Å². The Hall–Kier alpha value is -1.02. The first kappa shape index (κ1) is 18.0. The Morgan fingerprint density at radius 3 is 2.43 bits per heavy atom. The van der Waals surface area contributed by atoms with Gasteiger partial charge >= 0.3 is 0 Å². The maximum Gasteiger partial charge on any atom is 0.247 e. The summed E-state index contributed by atoms with van der Waals surface area (Å²) >= 11 is 11.7. The summed E-state index contributed by atoms with van der Waals surface area (Å²) in [6.07, 6.45) is 1.34. The van der Waals surface area contributed by atoms with Crippen LogP contribution in [0.2, 0.25) is 10.0 Å². The highest BCUT2D eigenvalue weighted by molar-refractivity contribution is 7.89. The molecule has 0 aliphatic carbocycles. The fourth-order valence-corrected chi connectivity index (χ4v) is 4.16. The standard InChI is InChI=1S/C12H17Cl2N3O3S/c1-2-3-4-17(7-11(16)18)21(19,20)12-9(14)5-8(13)6-10(12)15/h5-6H,2-4,7,15H2,1H3,(H2,16,18). The Bertz CT molecular complexity index is 612. The lowest BCUT2D eigenvalue weighted by molar-refractivity contribution is -0.118. The molecule has 0 heterocycles. The number of nitrogen functional groups attached to an aromatic ring is 1. The van der Waals surface area contributed by atoms with Gasteiger partial charge in [-0.15, -0.1) is 0 Å². The van der Waals surface area contributed by atoms with Gasteiger partial charge in [-0.3, -0.25) is 4.79 Å². The largest absolute Gasteiger partial charge is 0.398 e. The lowest BCUT2D eigenvalue weighted by Crippen LogP contribution is -2.39. The number of carbonyl (C=O) groups excluding carboxylic acids is 1. The van der Waals surface area contributed by atoms with E-state index < -0.39 is 22.5 Å². The van der Waals surface area contributed by atoms with E-state index in [9.17, 15) is 13.2 Å². The summed E-state index contributed by atoms with van der Waals surface area (Å²) in [6, 6.07) is 2.58. The van der Waals surface area contributed by atoms with E-state index in [1.54, 1.807) is 0 Å². The first-order valence-electron chi connectivity index (χ1n) is 6.23. The molecule has 0 fully saturated rings. The third-order valence-electron chi connectivity index (χ3n) is 2.73. The summed E-state index contributed by atoms with van der Waals surface area (Å²) in [7, 11) is -4.03. The van der Waals surface area contributed by atoms with Gasteiger partial charge in [-0.2, -0.15) is 4.31 Å². The molecule has 0 aliphatic heterocycles. The van der Waals surface area contributed by atoms with Crippen molar-refractivity contribution in [3.63, 3.8) is 0 Å². The van der Waals surface area contributed by atoms with Gasteiger partial charge in [0, 0.05) is 11.6 Å². The highest BCUT2D eigenvalue weighted by Crippen LogP contribution is 2.33. The zero-order chi connectivity index (χ0) is 16.2. The molecule has 1 aromatic carbocycles. The molecule has 21 heavy (non-hydrogen) atoms. The number of amides is 1. The van der Waals surface area contributed by atoms with Gasteiger partial charge in [0.25, 0.3) is 0 Å². The average Bonchev–Trinajstić information content (AvgIpc) is 2.32. The second kappa shape index (κ2) is 7.31. The molecule has 0 spiro atoms. The number of rotatable bonds is 7. The number of sulfonamides is 1. The van der Waals surface area contributed by atoms with E-state index in [2.05, 4.69) is 0 Å². The van der Waals surface area contributed by atoms with Gasteiger partial charge in [0.2, 0.25) is 15.9 Å². The third-order valence-corrected chi connectivity index (χ3v) is 5.32. The van der Waals surface area contributed by atoms with Gasteiger partial charge in [-0.05, 0) is 18.6 Å². The summed E-state index contributed by atoms with van der Waals surface area (Å²) in [5.41, 5.74) is 10.8. The van der Waals surface area contributed by atoms with Crippen molar-refractivity contribution in [3.8, 4) is 0 Å². The van der Waals surface area contributed by atoms with E-state index in [1.807, 2.05) is 6.92 Å². The molecule has 0 radical (unpaired) electrons. The topological polar surface area (TPSA) is 106 Å². The number of nitrogens with two attached hydrogens (primary N) is 2. The van der Waals surface area contributed by atoms with Crippen molar-refractivity contribution in [2.24, 2.45) is 5.73 Å². The Kier molecular flexibility index (Phi) is 6.27.